The first-order valence-electron chi connectivity index (χ1n) is 3.49. The van der Waals surface area contributed by atoms with E-state index in [1.807, 2.05) is 0 Å². The van der Waals surface area contributed by atoms with Gasteiger partial charge in [0.15, 0.2) is 0 Å². The molecule has 65 valence electrons. The van der Waals surface area contributed by atoms with Gasteiger partial charge in [0.1, 0.15) is 0 Å². The van der Waals surface area contributed by atoms with E-state index in [0.29, 0.717) is 15.9 Å². The molecule has 1 unspecified atom stereocenters. The molecule has 1 aromatic rings. The van der Waals surface area contributed by atoms with E-state index in [0.717, 1.165) is 5.56 Å². The summed E-state index contributed by atoms with van der Waals surface area (Å²) in [6.07, 6.45) is 0. The largest absolute Gasteiger partial charge is 0.126 e. The molecule has 0 aliphatic rings. The van der Waals surface area contributed by atoms with Crippen LogP contribution in [0.1, 0.15) is 11.5 Å². The summed E-state index contributed by atoms with van der Waals surface area (Å²) >= 11 is 17.3. The SMILES string of the molecule is [CH2]C(CCl)c1cc(Cl)ccc1Cl. The molecule has 1 aromatic carbocycles. The van der Waals surface area contributed by atoms with Crippen molar-refractivity contribution in [1.82, 2.24) is 0 Å². The lowest BCUT2D eigenvalue weighted by atomic mass is 10.0. The molecule has 12 heavy (non-hydrogen) atoms. The van der Waals surface area contributed by atoms with Gasteiger partial charge in [-0.2, -0.15) is 0 Å². The van der Waals surface area contributed by atoms with Crippen LogP contribution in [0, 0.1) is 6.92 Å². The zero-order chi connectivity index (χ0) is 9.14. The summed E-state index contributed by atoms with van der Waals surface area (Å²) in [5.41, 5.74) is 0.902. The molecule has 0 bridgehead atoms. The Hall–Kier alpha value is 0.0900. The van der Waals surface area contributed by atoms with Gasteiger partial charge in [-0.1, -0.05) is 23.2 Å². The van der Waals surface area contributed by atoms with Crippen LogP contribution in [0.5, 0.6) is 0 Å². The Morgan fingerprint density at radius 2 is 2.00 bits per heavy atom. The Morgan fingerprint density at radius 3 is 2.58 bits per heavy atom. The number of alkyl halides is 1. The highest BCUT2D eigenvalue weighted by Gasteiger charge is 2.08. The van der Waals surface area contributed by atoms with Crippen LogP contribution in [0.2, 0.25) is 10.0 Å². The molecule has 0 saturated carbocycles. The Balaban J connectivity index is 3.04. The first kappa shape index (κ1) is 10.2. The topological polar surface area (TPSA) is 0 Å². The van der Waals surface area contributed by atoms with Gasteiger partial charge >= 0.3 is 0 Å². The van der Waals surface area contributed by atoms with Crippen LogP contribution >= 0.6 is 34.8 Å². The van der Waals surface area contributed by atoms with Gasteiger partial charge in [0.2, 0.25) is 0 Å². The smallest absolute Gasteiger partial charge is 0.0442 e. The molecule has 0 aliphatic heterocycles. The molecule has 0 nitrogen and oxygen atoms in total. The predicted octanol–water partition coefficient (Wildman–Crippen LogP) is 4.15. The lowest BCUT2D eigenvalue weighted by Gasteiger charge is -2.09. The van der Waals surface area contributed by atoms with Crippen LogP contribution in [0.3, 0.4) is 0 Å². The van der Waals surface area contributed by atoms with Gasteiger partial charge in [-0.3, -0.25) is 0 Å². The maximum Gasteiger partial charge on any atom is 0.0442 e. The molecule has 0 fully saturated rings. The van der Waals surface area contributed by atoms with E-state index in [1.54, 1.807) is 18.2 Å². The van der Waals surface area contributed by atoms with E-state index < -0.39 is 0 Å². The van der Waals surface area contributed by atoms with Gasteiger partial charge in [0, 0.05) is 15.9 Å². The van der Waals surface area contributed by atoms with Gasteiger partial charge < -0.3 is 0 Å². The Morgan fingerprint density at radius 1 is 1.33 bits per heavy atom. The van der Waals surface area contributed by atoms with Crippen molar-refractivity contribution < 1.29 is 0 Å². The normalized spacial score (nSPS) is 13.0. The standard InChI is InChI=1S/C9H8Cl3/c1-6(5-10)8-4-7(11)2-3-9(8)12/h2-4,6H,1,5H2. The van der Waals surface area contributed by atoms with Gasteiger partial charge in [-0.15, -0.1) is 11.6 Å². The quantitative estimate of drug-likeness (QED) is 0.660. The lowest BCUT2D eigenvalue weighted by molar-refractivity contribution is 0.974. The van der Waals surface area contributed by atoms with Crippen molar-refractivity contribution >= 4 is 34.8 Å². The van der Waals surface area contributed by atoms with Crippen molar-refractivity contribution in [3.63, 3.8) is 0 Å². The minimum atomic E-state index is -0.00198. The van der Waals surface area contributed by atoms with E-state index in [1.165, 1.54) is 0 Å². The van der Waals surface area contributed by atoms with Gasteiger partial charge in [0.05, 0.1) is 0 Å². The van der Waals surface area contributed by atoms with Crippen molar-refractivity contribution in [3.05, 3.63) is 40.7 Å². The lowest BCUT2D eigenvalue weighted by Crippen LogP contribution is -1.95. The first-order chi connectivity index (χ1) is 5.65. The summed E-state index contributed by atoms with van der Waals surface area (Å²) in [4.78, 5) is 0. The fourth-order valence-corrected chi connectivity index (χ4v) is 1.53. The fraction of sp³-hybridized carbons (Fsp3) is 0.222. The molecular formula is C9H8Cl3. The molecule has 0 aromatic heterocycles. The number of hydrogen-bond acceptors (Lipinski definition) is 0. The van der Waals surface area contributed by atoms with E-state index >= 15 is 0 Å². The fourth-order valence-electron chi connectivity index (χ4n) is 0.911. The molecule has 0 aliphatic carbocycles. The van der Waals surface area contributed by atoms with Crippen LogP contribution in [0.25, 0.3) is 0 Å². The van der Waals surface area contributed by atoms with Gasteiger partial charge in [-0.25, -0.2) is 0 Å². The van der Waals surface area contributed by atoms with Gasteiger partial charge in [-0.05, 0) is 36.6 Å². The molecule has 0 spiro atoms. The first-order valence-corrected chi connectivity index (χ1v) is 4.78. The molecule has 3 heteroatoms. The van der Waals surface area contributed by atoms with Crippen LogP contribution in [0.4, 0.5) is 0 Å². The van der Waals surface area contributed by atoms with E-state index in [2.05, 4.69) is 6.92 Å². The average Bonchev–Trinajstić information content (AvgIpc) is 2.08. The Bertz CT molecular complexity index is 270. The summed E-state index contributed by atoms with van der Waals surface area (Å²) in [5.74, 6) is 0.443. The monoisotopic (exact) mass is 221 g/mol. The summed E-state index contributed by atoms with van der Waals surface area (Å²) in [6.45, 7) is 3.85. The molecule has 1 atom stereocenters. The maximum atomic E-state index is 5.91. The maximum absolute atomic E-state index is 5.91. The van der Waals surface area contributed by atoms with Crippen LogP contribution in [0.15, 0.2) is 18.2 Å². The van der Waals surface area contributed by atoms with Crippen LogP contribution in [-0.2, 0) is 0 Å². The number of halogens is 3. The van der Waals surface area contributed by atoms with E-state index in [4.69, 9.17) is 34.8 Å². The summed E-state index contributed by atoms with van der Waals surface area (Å²) in [5, 5.41) is 1.33. The van der Waals surface area contributed by atoms with Crippen molar-refractivity contribution in [2.24, 2.45) is 0 Å². The summed E-state index contributed by atoms with van der Waals surface area (Å²) < 4.78 is 0. The van der Waals surface area contributed by atoms with E-state index in [9.17, 15) is 0 Å². The number of rotatable bonds is 2. The number of benzene rings is 1. The van der Waals surface area contributed by atoms with Crippen LogP contribution in [-0.4, -0.2) is 5.88 Å². The highest BCUT2D eigenvalue weighted by atomic mass is 35.5. The molecule has 0 amide bonds. The molecule has 1 radical (unpaired) electrons. The second-order valence-electron chi connectivity index (χ2n) is 2.52. The number of hydrogen-bond donors (Lipinski definition) is 0. The third-order valence-electron chi connectivity index (χ3n) is 1.58. The third kappa shape index (κ3) is 2.29. The second kappa shape index (κ2) is 4.36. The van der Waals surface area contributed by atoms with Crippen LogP contribution < -0.4 is 0 Å². The van der Waals surface area contributed by atoms with Crippen molar-refractivity contribution in [2.75, 3.05) is 5.88 Å². The second-order valence-corrected chi connectivity index (χ2v) is 3.67. The molecule has 1 rings (SSSR count). The Labute approximate surface area is 87.4 Å². The molecule has 0 saturated heterocycles. The average molecular weight is 223 g/mol. The summed E-state index contributed by atoms with van der Waals surface area (Å²) in [7, 11) is 0. The van der Waals surface area contributed by atoms with Crippen molar-refractivity contribution in [1.29, 1.82) is 0 Å². The molecule has 0 N–H and O–H groups in total. The highest BCUT2D eigenvalue weighted by Crippen LogP contribution is 2.27. The van der Waals surface area contributed by atoms with E-state index in [-0.39, 0.29) is 5.92 Å². The molecule has 0 heterocycles. The zero-order valence-corrected chi connectivity index (χ0v) is 8.63. The third-order valence-corrected chi connectivity index (χ3v) is 2.54. The van der Waals surface area contributed by atoms with Crippen molar-refractivity contribution in [3.8, 4) is 0 Å². The van der Waals surface area contributed by atoms with Gasteiger partial charge in [0.25, 0.3) is 0 Å². The predicted molar refractivity (Wildman–Crippen MR) is 55.3 cm³/mol. The minimum absolute atomic E-state index is 0.00198. The highest BCUT2D eigenvalue weighted by molar-refractivity contribution is 6.33. The molecular weight excluding hydrogens is 214 g/mol. The minimum Gasteiger partial charge on any atom is -0.126 e. The Kier molecular flexibility index (Phi) is 3.70. The summed E-state index contributed by atoms with van der Waals surface area (Å²) in [6, 6.07) is 5.29. The zero-order valence-electron chi connectivity index (χ0n) is 6.36. The van der Waals surface area contributed by atoms with Crippen molar-refractivity contribution in [2.45, 2.75) is 5.92 Å².